The first-order chi connectivity index (χ1) is 8.27. The second-order valence-electron chi connectivity index (χ2n) is 4.07. The molecule has 0 fully saturated rings. The van der Waals surface area contributed by atoms with E-state index in [2.05, 4.69) is 22.0 Å². The number of fused-ring (bicyclic) bond motifs is 1. The third-order valence-corrected chi connectivity index (χ3v) is 2.90. The Balaban J connectivity index is 2.35. The van der Waals surface area contributed by atoms with Crippen LogP contribution in [-0.2, 0) is 0 Å². The van der Waals surface area contributed by atoms with Crippen molar-refractivity contribution in [1.29, 1.82) is 0 Å². The summed E-state index contributed by atoms with van der Waals surface area (Å²) in [5.74, 6) is 0. The van der Waals surface area contributed by atoms with Gasteiger partial charge in [0.15, 0.2) is 5.65 Å². The molecule has 0 bridgehead atoms. The third-order valence-electron chi connectivity index (χ3n) is 2.90. The lowest BCUT2D eigenvalue weighted by atomic mass is 10.1. The van der Waals surface area contributed by atoms with Crippen molar-refractivity contribution in [1.82, 2.24) is 19.6 Å². The van der Waals surface area contributed by atoms with E-state index in [9.17, 15) is 0 Å². The molecule has 0 radical (unpaired) electrons. The van der Waals surface area contributed by atoms with Crippen LogP contribution < -0.4 is 0 Å². The van der Waals surface area contributed by atoms with Gasteiger partial charge in [-0.2, -0.15) is 5.10 Å². The molecule has 4 nitrogen and oxygen atoms in total. The van der Waals surface area contributed by atoms with Gasteiger partial charge in [0.1, 0.15) is 0 Å². The number of hydrogen-bond donors (Lipinski definition) is 0. The molecule has 0 N–H and O–H groups in total. The zero-order chi connectivity index (χ0) is 11.8. The van der Waals surface area contributed by atoms with Crippen molar-refractivity contribution in [3.63, 3.8) is 0 Å². The van der Waals surface area contributed by atoms with Gasteiger partial charge in [-0.05, 0) is 31.5 Å². The summed E-state index contributed by atoms with van der Waals surface area (Å²) in [6, 6.07) is 3.98. The van der Waals surface area contributed by atoms with Gasteiger partial charge in [-0.25, -0.2) is 9.50 Å². The highest BCUT2D eigenvalue weighted by molar-refractivity contribution is 5.78. The number of aryl methyl sites for hydroxylation is 2. The monoisotopic (exact) mass is 224 g/mol. The first-order valence-electron chi connectivity index (χ1n) is 5.47. The van der Waals surface area contributed by atoms with Crippen molar-refractivity contribution in [2.75, 3.05) is 0 Å². The van der Waals surface area contributed by atoms with E-state index in [1.54, 1.807) is 12.4 Å². The fourth-order valence-electron chi connectivity index (χ4n) is 1.97. The number of hydrogen-bond acceptors (Lipinski definition) is 3. The molecular weight excluding hydrogens is 212 g/mol. The lowest BCUT2D eigenvalue weighted by molar-refractivity contribution is 0.900. The van der Waals surface area contributed by atoms with E-state index in [0.29, 0.717) is 0 Å². The van der Waals surface area contributed by atoms with Crippen LogP contribution in [0, 0.1) is 13.8 Å². The second-order valence-corrected chi connectivity index (χ2v) is 4.07. The zero-order valence-electron chi connectivity index (χ0n) is 9.75. The fraction of sp³-hybridized carbons (Fsp3) is 0.154. The maximum absolute atomic E-state index is 4.41. The standard InChI is InChI=1S/C13H12N4/c1-9-3-5-14-8-12(9)11-4-6-16-17-10(2)7-15-13(11)17/h3-8H,1-2H3. The van der Waals surface area contributed by atoms with Crippen molar-refractivity contribution in [3.05, 3.63) is 48.2 Å². The summed E-state index contributed by atoms with van der Waals surface area (Å²) in [4.78, 5) is 8.59. The van der Waals surface area contributed by atoms with E-state index in [4.69, 9.17) is 0 Å². The van der Waals surface area contributed by atoms with Crippen LogP contribution in [0.2, 0.25) is 0 Å². The average molecular weight is 224 g/mol. The Kier molecular flexibility index (Phi) is 2.14. The van der Waals surface area contributed by atoms with E-state index in [0.717, 1.165) is 22.5 Å². The molecule has 0 aliphatic rings. The van der Waals surface area contributed by atoms with Gasteiger partial charge in [0, 0.05) is 29.7 Å². The topological polar surface area (TPSA) is 43.1 Å². The van der Waals surface area contributed by atoms with Crippen molar-refractivity contribution < 1.29 is 0 Å². The molecule has 3 aromatic heterocycles. The summed E-state index contributed by atoms with van der Waals surface area (Å²) < 4.78 is 1.85. The van der Waals surface area contributed by atoms with Crippen LogP contribution in [0.15, 0.2) is 36.9 Å². The predicted octanol–water partition coefficient (Wildman–Crippen LogP) is 2.41. The smallest absolute Gasteiger partial charge is 0.161 e. The maximum Gasteiger partial charge on any atom is 0.161 e. The highest BCUT2D eigenvalue weighted by atomic mass is 15.2. The summed E-state index contributed by atoms with van der Waals surface area (Å²) in [5.41, 5.74) is 5.27. The molecule has 84 valence electrons. The van der Waals surface area contributed by atoms with Crippen LogP contribution in [0.25, 0.3) is 16.8 Å². The molecule has 0 saturated carbocycles. The Bertz CT molecular complexity index is 685. The van der Waals surface area contributed by atoms with Crippen molar-refractivity contribution in [3.8, 4) is 11.1 Å². The normalized spacial score (nSPS) is 10.9. The van der Waals surface area contributed by atoms with Crippen molar-refractivity contribution >= 4 is 5.65 Å². The molecule has 4 heteroatoms. The Hall–Kier alpha value is -2.23. The van der Waals surface area contributed by atoms with Crippen LogP contribution in [0.3, 0.4) is 0 Å². The minimum absolute atomic E-state index is 0.876. The SMILES string of the molecule is Cc1ccncc1-c1ccnn2c(C)cnc12. The van der Waals surface area contributed by atoms with Crippen LogP contribution in [-0.4, -0.2) is 19.6 Å². The van der Waals surface area contributed by atoms with Gasteiger partial charge in [-0.1, -0.05) is 0 Å². The van der Waals surface area contributed by atoms with Gasteiger partial charge in [-0.15, -0.1) is 0 Å². The maximum atomic E-state index is 4.41. The highest BCUT2D eigenvalue weighted by Crippen LogP contribution is 2.25. The summed E-state index contributed by atoms with van der Waals surface area (Å²) in [6.07, 6.45) is 7.30. The number of nitrogens with zero attached hydrogens (tertiary/aromatic N) is 4. The number of imidazole rings is 1. The Labute approximate surface area is 99.0 Å². The van der Waals surface area contributed by atoms with E-state index in [1.807, 2.05) is 36.0 Å². The first kappa shape index (κ1) is 9.96. The Morgan fingerprint density at radius 1 is 1.00 bits per heavy atom. The summed E-state index contributed by atoms with van der Waals surface area (Å²) in [7, 11) is 0. The molecule has 0 unspecified atom stereocenters. The molecule has 0 aliphatic heterocycles. The van der Waals surface area contributed by atoms with Gasteiger partial charge < -0.3 is 0 Å². The molecule has 3 rings (SSSR count). The number of pyridine rings is 1. The molecule has 17 heavy (non-hydrogen) atoms. The van der Waals surface area contributed by atoms with Gasteiger partial charge in [0.05, 0.1) is 11.9 Å². The van der Waals surface area contributed by atoms with E-state index in [-0.39, 0.29) is 0 Å². The molecule has 3 aromatic rings. The first-order valence-corrected chi connectivity index (χ1v) is 5.47. The van der Waals surface area contributed by atoms with Crippen molar-refractivity contribution in [2.45, 2.75) is 13.8 Å². The molecule has 0 aromatic carbocycles. The summed E-state index contributed by atoms with van der Waals surface area (Å²) >= 11 is 0. The van der Waals surface area contributed by atoms with Gasteiger partial charge in [-0.3, -0.25) is 4.98 Å². The lowest BCUT2D eigenvalue weighted by Crippen LogP contribution is -1.96. The Morgan fingerprint density at radius 3 is 2.71 bits per heavy atom. The van der Waals surface area contributed by atoms with E-state index >= 15 is 0 Å². The second kappa shape index (κ2) is 3.66. The molecular formula is C13H12N4. The molecule has 3 heterocycles. The fourth-order valence-corrected chi connectivity index (χ4v) is 1.97. The van der Waals surface area contributed by atoms with Gasteiger partial charge >= 0.3 is 0 Å². The minimum Gasteiger partial charge on any atom is -0.264 e. The van der Waals surface area contributed by atoms with Crippen LogP contribution in [0.1, 0.15) is 11.3 Å². The van der Waals surface area contributed by atoms with Crippen LogP contribution in [0.5, 0.6) is 0 Å². The minimum atomic E-state index is 0.876. The molecule has 0 amide bonds. The van der Waals surface area contributed by atoms with E-state index in [1.165, 1.54) is 5.56 Å². The zero-order valence-corrected chi connectivity index (χ0v) is 9.75. The largest absolute Gasteiger partial charge is 0.264 e. The third kappa shape index (κ3) is 1.49. The molecule has 0 spiro atoms. The predicted molar refractivity (Wildman–Crippen MR) is 65.7 cm³/mol. The molecule has 0 atom stereocenters. The quantitative estimate of drug-likeness (QED) is 0.637. The van der Waals surface area contributed by atoms with Crippen LogP contribution >= 0.6 is 0 Å². The lowest BCUT2D eigenvalue weighted by Gasteiger charge is -2.06. The summed E-state index contributed by atoms with van der Waals surface area (Å²) in [5, 5.41) is 4.29. The number of rotatable bonds is 1. The molecule has 0 saturated heterocycles. The molecule has 0 aliphatic carbocycles. The van der Waals surface area contributed by atoms with Gasteiger partial charge in [0.25, 0.3) is 0 Å². The van der Waals surface area contributed by atoms with Crippen molar-refractivity contribution in [2.24, 2.45) is 0 Å². The highest BCUT2D eigenvalue weighted by Gasteiger charge is 2.09. The van der Waals surface area contributed by atoms with E-state index < -0.39 is 0 Å². The Morgan fingerprint density at radius 2 is 1.88 bits per heavy atom. The summed E-state index contributed by atoms with van der Waals surface area (Å²) in [6.45, 7) is 4.07. The van der Waals surface area contributed by atoms with Crippen LogP contribution in [0.4, 0.5) is 0 Å². The number of aromatic nitrogens is 4. The average Bonchev–Trinajstić information content (AvgIpc) is 2.72. The van der Waals surface area contributed by atoms with Gasteiger partial charge in [0.2, 0.25) is 0 Å².